The molecule has 114 valence electrons. The maximum Gasteiger partial charge on any atom is 0.128 e. The molecule has 20 heavy (non-hydrogen) atoms. The van der Waals surface area contributed by atoms with Gasteiger partial charge in [0.2, 0.25) is 0 Å². The Morgan fingerprint density at radius 2 is 1.90 bits per heavy atom. The summed E-state index contributed by atoms with van der Waals surface area (Å²) in [5.41, 5.74) is 0.760. The summed E-state index contributed by atoms with van der Waals surface area (Å²) in [5.74, 6) is -0.121. The van der Waals surface area contributed by atoms with E-state index in [9.17, 15) is 4.39 Å². The van der Waals surface area contributed by atoms with E-state index in [0.717, 1.165) is 18.7 Å². The van der Waals surface area contributed by atoms with E-state index in [2.05, 4.69) is 31.0 Å². The van der Waals surface area contributed by atoms with Crippen molar-refractivity contribution in [1.29, 1.82) is 0 Å². The summed E-state index contributed by atoms with van der Waals surface area (Å²) in [6, 6.07) is 7.58. The Morgan fingerprint density at radius 1 is 1.20 bits per heavy atom. The minimum absolute atomic E-state index is 0.0419. The molecule has 0 heterocycles. The van der Waals surface area contributed by atoms with E-state index in [1.807, 2.05) is 19.2 Å². The van der Waals surface area contributed by atoms with Crippen LogP contribution >= 0.6 is 0 Å². The third kappa shape index (κ3) is 5.22. The van der Waals surface area contributed by atoms with Crippen molar-refractivity contribution < 1.29 is 4.39 Å². The molecule has 0 amide bonds. The molecule has 0 aliphatic heterocycles. The van der Waals surface area contributed by atoms with Gasteiger partial charge >= 0.3 is 0 Å². The van der Waals surface area contributed by atoms with Crippen LogP contribution in [0.25, 0.3) is 0 Å². The molecule has 0 spiro atoms. The van der Waals surface area contributed by atoms with Crippen LogP contribution in [0.2, 0.25) is 0 Å². The first-order chi connectivity index (χ1) is 9.60. The zero-order valence-corrected chi connectivity index (χ0v) is 13.3. The number of halogens is 1. The van der Waals surface area contributed by atoms with Gasteiger partial charge in [-0.2, -0.15) is 0 Å². The lowest BCUT2D eigenvalue weighted by Gasteiger charge is -2.31. The quantitative estimate of drug-likeness (QED) is 0.688. The average Bonchev–Trinajstić information content (AvgIpc) is 2.43. The molecule has 2 nitrogen and oxygen atoms in total. The first kappa shape index (κ1) is 17.1. The van der Waals surface area contributed by atoms with Crippen molar-refractivity contribution >= 4 is 0 Å². The molecule has 0 bridgehead atoms. The Bertz CT molecular complexity index is 379. The smallest absolute Gasteiger partial charge is 0.128 e. The summed E-state index contributed by atoms with van der Waals surface area (Å²) < 4.78 is 13.9. The molecular weight excluding hydrogens is 251 g/mol. The summed E-state index contributed by atoms with van der Waals surface area (Å²) in [6.07, 6.45) is 3.70. The van der Waals surface area contributed by atoms with Gasteiger partial charge in [-0.25, -0.2) is 4.39 Å². The maximum absolute atomic E-state index is 13.9. The minimum atomic E-state index is -0.121. The number of nitrogens with one attached hydrogen (secondary N) is 1. The molecule has 1 atom stereocenters. The van der Waals surface area contributed by atoms with Gasteiger partial charge in [-0.1, -0.05) is 38.0 Å². The number of rotatable bonds is 9. The monoisotopic (exact) mass is 280 g/mol. The fraction of sp³-hybridized carbons (Fsp3) is 0.647. The van der Waals surface area contributed by atoms with Gasteiger partial charge in [0.25, 0.3) is 0 Å². The standard InChI is InChI=1S/C17H29FN2/c1-5-6-9-12-20(14(2)3)13-17(19-4)15-10-7-8-11-16(15)18/h7-8,10-11,14,17,19H,5-6,9,12-13H2,1-4H3. The van der Waals surface area contributed by atoms with E-state index in [1.54, 1.807) is 6.07 Å². The van der Waals surface area contributed by atoms with Crippen molar-refractivity contribution in [2.24, 2.45) is 0 Å². The topological polar surface area (TPSA) is 15.3 Å². The van der Waals surface area contributed by atoms with Gasteiger partial charge in [-0.15, -0.1) is 0 Å². The molecule has 0 aromatic heterocycles. The van der Waals surface area contributed by atoms with E-state index in [0.29, 0.717) is 6.04 Å². The third-order valence-electron chi connectivity index (χ3n) is 3.83. The SMILES string of the molecule is CCCCCN(CC(NC)c1ccccc1F)C(C)C. The Kier molecular flexibility index (Phi) is 7.78. The second-order valence-corrected chi connectivity index (χ2v) is 5.66. The van der Waals surface area contributed by atoms with Crippen LogP contribution in [0, 0.1) is 5.82 Å². The van der Waals surface area contributed by atoms with Gasteiger partial charge in [0, 0.05) is 24.2 Å². The van der Waals surface area contributed by atoms with E-state index in [-0.39, 0.29) is 11.9 Å². The minimum Gasteiger partial charge on any atom is -0.312 e. The Morgan fingerprint density at radius 3 is 2.45 bits per heavy atom. The second-order valence-electron chi connectivity index (χ2n) is 5.66. The number of likely N-dealkylation sites (N-methyl/N-ethyl adjacent to an activating group) is 1. The van der Waals surface area contributed by atoms with Crippen LogP contribution in [0.5, 0.6) is 0 Å². The number of hydrogen-bond donors (Lipinski definition) is 1. The van der Waals surface area contributed by atoms with E-state index in [4.69, 9.17) is 0 Å². The molecule has 0 aliphatic rings. The van der Waals surface area contributed by atoms with Crippen LogP contribution < -0.4 is 5.32 Å². The van der Waals surface area contributed by atoms with Gasteiger partial charge in [-0.3, -0.25) is 4.90 Å². The lowest BCUT2D eigenvalue weighted by atomic mass is 10.0. The zero-order chi connectivity index (χ0) is 15.0. The Hall–Kier alpha value is -0.930. The molecule has 1 aromatic carbocycles. The van der Waals surface area contributed by atoms with Gasteiger partial charge < -0.3 is 5.32 Å². The summed E-state index contributed by atoms with van der Waals surface area (Å²) in [5, 5.41) is 3.25. The predicted molar refractivity (Wildman–Crippen MR) is 84.4 cm³/mol. The van der Waals surface area contributed by atoms with Crippen molar-refractivity contribution in [3.8, 4) is 0 Å². The first-order valence-corrected chi connectivity index (χ1v) is 7.75. The zero-order valence-electron chi connectivity index (χ0n) is 13.3. The highest BCUT2D eigenvalue weighted by Gasteiger charge is 2.18. The predicted octanol–water partition coefficient (Wildman–Crippen LogP) is 3.99. The molecule has 1 N–H and O–H groups in total. The van der Waals surface area contributed by atoms with E-state index < -0.39 is 0 Å². The van der Waals surface area contributed by atoms with Crippen LogP contribution in [-0.2, 0) is 0 Å². The van der Waals surface area contributed by atoms with Crippen LogP contribution in [-0.4, -0.2) is 31.1 Å². The Balaban J connectivity index is 2.71. The normalized spacial score (nSPS) is 13.2. The summed E-state index contributed by atoms with van der Waals surface area (Å²) >= 11 is 0. The molecule has 0 saturated carbocycles. The van der Waals surface area contributed by atoms with Crippen LogP contribution in [0.3, 0.4) is 0 Å². The molecule has 0 saturated heterocycles. The van der Waals surface area contributed by atoms with Gasteiger partial charge in [0.05, 0.1) is 0 Å². The van der Waals surface area contributed by atoms with Crippen LogP contribution in [0.15, 0.2) is 24.3 Å². The first-order valence-electron chi connectivity index (χ1n) is 7.75. The fourth-order valence-corrected chi connectivity index (χ4v) is 2.46. The van der Waals surface area contributed by atoms with Crippen molar-refractivity contribution in [1.82, 2.24) is 10.2 Å². The molecule has 1 rings (SSSR count). The maximum atomic E-state index is 13.9. The number of unbranched alkanes of at least 4 members (excludes halogenated alkanes) is 2. The highest BCUT2D eigenvalue weighted by atomic mass is 19.1. The van der Waals surface area contributed by atoms with Crippen molar-refractivity contribution in [3.63, 3.8) is 0 Å². The van der Waals surface area contributed by atoms with Gasteiger partial charge in [0.15, 0.2) is 0 Å². The van der Waals surface area contributed by atoms with E-state index in [1.165, 1.54) is 25.3 Å². The van der Waals surface area contributed by atoms with Crippen molar-refractivity contribution in [3.05, 3.63) is 35.6 Å². The molecule has 1 aromatic rings. The summed E-state index contributed by atoms with van der Waals surface area (Å²) in [6.45, 7) is 8.56. The lowest BCUT2D eigenvalue weighted by Crippen LogP contribution is -2.39. The summed E-state index contributed by atoms with van der Waals surface area (Å²) in [7, 11) is 1.90. The molecular formula is C17H29FN2. The molecule has 1 unspecified atom stereocenters. The number of benzene rings is 1. The highest BCUT2D eigenvalue weighted by Crippen LogP contribution is 2.19. The van der Waals surface area contributed by atoms with Gasteiger partial charge in [0.1, 0.15) is 5.82 Å². The van der Waals surface area contributed by atoms with Crippen molar-refractivity contribution in [2.45, 2.75) is 52.1 Å². The van der Waals surface area contributed by atoms with Crippen LogP contribution in [0.4, 0.5) is 4.39 Å². The van der Waals surface area contributed by atoms with Gasteiger partial charge in [-0.05, 0) is 39.9 Å². The van der Waals surface area contributed by atoms with Crippen LogP contribution in [0.1, 0.15) is 51.6 Å². The highest BCUT2D eigenvalue weighted by molar-refractivity contribution is 5.21. The molecule has 0 aliphatic carbocycles. The molecule has 3 heteroatoms. The van der Waals surface area contributed by atoms with E-state index >= 15 is 0 Å². The third-order valence-corrected chi connectivity index (χ3v) is 3.83. The number of hydrogen-bond acceptors (Lipinski definition) is 2. The van der Waals surface area contributed by atoms with Crippen molar-refractivity contribution in [2.75, 3.05) is 20.1 Å². The molecule has 0 fully saturated rings. The number of nitrogens with zero attached hydrogens (tertiary/aromatic N) is 1. The Labute approximate surface area is 123 Å². The second kappa shape index (κ2) is 9.09. The average molecular weight is 280 g/mol. The fourth-order valence-electron chi connectivity index (χ4n) is 2.46. The largest absolute Gasteiger partial charge is 0.312 e. The lowest BCUT2D eigenvalue weighted by molar-refractivity contribution is 0.195. The summed E-state index contributed by atoms with van der Waals surface area (Å²) in [4.78, 5) is 2.43. The molecule has 0 radical (unpaired) electrons.